The fraction of sp³-hybridized carbons (Fsp3) is 0.364. The van der Waals surface area contributed by atoms with Gasteiger partial charge in [-0.15, -0.1) is 11.6 Å². The first-order chi connectivity index (χ1) is 7.83. The van der Waals surface area contributed by atoms with Crippen molar-refractivity contribution in [3.63, 3.8) is 0 Å². The van der Waals surface area contributed by atoms with Gasteiger partial charge in [0.15, 0.2) is 5.13 Å². The molecule has 0 amide bonds. The Kier molecular flexibility index (Phi) is 3.98. The second-order valence-electron chi connectivity index (χ2n) is 3.44. The van der Waals surface area contributed by atoms with Crippen LogP contribution in [0.4, 0.5) is 5.13 Å². The molecule has 0 saturated carbocycles. The molecule has 1 aromatic heterocycles. The Morgan fingerprint density at radius 1 is 1.50 bits per heavy atom. The smallest absolute Gasteiger partial charge is 0.184 e. The lowest BCUT2D eigenvalue weighted by molar-refractivity contribution is 0.191. The highest BCUT2D eigenvalue weighted by molar-refractivity contribution is 7.22. The van der Waals surface area contributed by atoms with Gasteiger partial charge in [-0.3, -0.25) is 0 Å². The van der Waals surface area contributed by atoms with Crippen LogP contribution >= 0.6 is 22.9 Å². The number of rotatable bonds is 5. The maximum atomic E-state index is 5.83. The minimum absolute atomic E-state index is 0.104. The van der Waals surface area contributed by atoms with Gasteiger partial charge in [-0.05, 0) is 12.1 Å². The van der Waals surface area contributed by atoms with Crippen molar-refractivity contribution in [2.45, 2.75) is 6.04 Å². The van der Waals surface area contributed by atoms with Crippen molar-refractivity contribution in [2.75, 3.05) is 24.9 Å². The number of para-hydroxylation sites is 1. The average Bonchev–Trinajstić information content (AvgIpc) is 2.70. The lowest BCUT2D eigenvalue weighted by Crippen LogP contribution is -2.26. The summed E-state index contributed by atoms with van der Waals surface area (Å²) in [4.78, 5) is 4.48. The van der Waals surface area contributed by atoms with Crippen molar-refractivity contribution in [3.8, 4) is 0 Å². The zero-order valence-corrected chi connectivity index (χ0v) is 10.5. The predicted octanol–water partition coefficient (Wildman–Crippen LogP) is 2.96. The van der Waals surface area contributed by atoms with E-state index in [1.54, 1.807) is 18.4 Å². The fourth-order valence-electron chi connectivity index (χ4n) is 1.43. The molecule has 1 unspecified atom stereocenters. The largest absolute Gasteiger partial charge is 0.383 e. The second kappa shape index (κ2) is 5.48. The third-order valence-electron chi connectivity index (χ3n) is 2.18. The van der Waals surface area contributed by atoms with E-state index >= 15 is 0 Å². The van der Waals surface area contributed by atoms with Crippen molar-refractivity contribution in [1.82, 2.24) is 4.98 Å². The summed E-state index contributed by atoms with van der Waals surface area (Å²) in [5.41, 5.74) is 1.01. The van der Waals surface area contributed by atoms with Crippen molar-refractivity contribution in [3.05, 3.63) is 24.3 Å². The number of ether oxygens (including phenoxy) is 1. The fourth-order valence-corrected chi connectivity index (χ4v) is 2.54. The molecule has 0 aliphatic heterocycles. The van der Waals surface area contributed by atoms with E-state index in [0.717, 1.165) is 10.6 Å². The molecule has 5 heteroatoms. The zero-order valence-electron chi connectivity index (χ0n) is 8.94. The first-order valence-corrected chi connectivity index (χ1v) is 6.35. The van der Waals surface area contributed by atoms with Crippen molar-refractivity contribution < 1.29 is 4.74 Å². The first kappa shape index (κ1) is 11.6. The Morgan fingerprint density at radius 2 is 2.31 bits per heavy atom. The Morgan fingerprint density at radius 3 is 3.00 bits per heavy atom. The molecule has 1 atom stereocenters. The monoisotopic (exact) mass is 256 g/mol. The summed E-state index contributed by atoms with van der Waals surface area (Å²) in [7, 11) is 1.67. The molecular formula is C11H13ClN2OS. The van der Waals surface area contributed by atoms with E-state index in [-0.39, 0.29) is 6.04 Å². The number of nitrogens with one attached hydrogen (secondary N) is 1. The highest BCUT2D eigenvalue weighted by Gasteiger charge is 2.09. The van der Waals surface area contributed by atoms with E-state index in [9.17, 15) is 0 Å². The van der Waals surface area contributed by atoms with Crippen LogP contribution in [0.15, 0.2) is 24.3 Å². The van der Waals surface area contributed by atoms with Crippen molar-refractivity contribution in [1.29, 1.82) is 0 Å². The predicted molar refractivity (Wildman–Crippen MR) is 69.6 cm³/mol. The quantitative estimate of drug-likeness (QED) is 0.836. The third kappa shape index (κ3) is 2.64. The van der Waals surface area contributed by atoms with Gasteiger partial charge in [-0.2, -0.15) is 0 Å². The molecule has 0 aliphatic rings. The molecule has 1 N–H and O–H groups in total. The van der Waals surface area contributed by atoms with Gasteiger partial charge in [-0.25, -0.2) is 4.98 Å². The maximum Gasteiger partial charge on any atom is 0.184 e. The third-order valence-corrected chi connectivity index (χ3v) is 3.52. The summed E-state index contributed by atoms with van der Waals surface area (Å²) in [6.07, 6.45) is 0. The Balaban J connectivity index is 2.14. The van der Waals surface area contributed by atoms with E-state index in [1.807, 2.05) is 18.2 Å². The highest BCUT2D eigenvalue weighted by atomic mass is 35.5. The molecule has 2 aromatic rings. The highest BCUT2D eigenvalue weighted by Crippen LogP contribution is 2.25. The number of benzene rings is 1. The van der Waals surface area contributed by atoms with Crippen LogP contribution in [-0.2, 0) is 4.74 Å². The minimum atomic E-state index is 0.104. The molecule has 86 valence electrons. The van der Waals surface area contributed by atoms with Gasteiger partial charge in [0.1, 0.15) is 0 Å². The van der Waals surface area contributed by atoms with E-state index in [1.165, 1.54) is 4.70 Å². The van der Waals surface area contributed by atoms with E-state index in [4.69, 9.17) is 16.3 Å². The Hall–Kier alpha value is -0.840. The van der Waals surface area contributed by atoms with Gasteiger partial charge >= 0.3 is 0 Å². The van der Waals surface area contributed by atoms with Gasteiger partial charge in [0.05, 0.1) is 22.9 Å². The van der Waals surface area contributed by atoms with Crippen molar-refractivity contribution in [2.24, 2.45) is 0 Å². The molecule has 16 heavy (non-hydrogen) atoms. The number of methoxy groups -OCH3 is 1. The van der Waals surface area contributed by atoms with Crippen molar-refractivity contribution >= 4 is 38.3 Å². The Labute approximate surface area is 103 Å². The standard InChI is InChI=1S/C11H13ClN2OS/c1-15-7-8(6-12)13-11-14-9-4-2-3-5-10(9)16-11/h2-5,8H,6-7H2,1H3,(H,13,14). The molecule has 2 rings (SSSR count). The summed E-state index contributed by atoms with van der Waals surface area (Å²) >= 11 is 7.46. The number of fused-ring (bicyclic) bond motifs is 1. The molecule has 1 heterocycles. The SMILES string of the molecule is COCC(CCl)Nc1nc2ccccc2s1. The normalized spacial score (nSPS) is 12.9. The second-order valence-corrected chi connectivity index (χ2v) is 4.78. The van der Waals surface area contributed by atoms with Gasteiger partial charge in [-0.1, -0.05) is 23.5 Å². The van der Waals surface area contributed by atoms with Crippen LogP contribution in [0.1, 0.15) is 0 Å². The number of nitrogens with zero attached hydrogens (tertiary/aromatic N) is 1. The number of hydrogen-bond donors (Lipinski definition) is 1. The summed E-state index contributed by atoms with van der Waals surface area (Å²) in [6, 6.07) is 8.17. The van der Waals surface area contributed by atoms with Crippen LogP contribution in [0.5, 0.6) is 0 Å². The van der Waals surface area contributed by atoms with Crippen LogP contribution in [0.3, 0.4) is 0 Å². The lowest BCUT2D eigenvalue weighted by Gasteiger charge is -2.13. The average molecular weight is 257 g/mol. The van der Waals surface area contributed by atoms with E-state index in [0.29, 0.717) is 12.5 Å². The summed E-state index contributed by atoms with van der Waals surface area (Å²) < 4.78 is 6.25. The number of anilines is 1. The molecule has 0 bridgehead atoms. The minimum Gasteiger partial charge on any atom is -0.383 e. The number of halogens is 1. The molecule has 0 saturated heterocycles. The zero-order chi connectivity index (χ0) is 11.4. The number of aromatic nitrogens is 1. The summed E-state index contributed by atoms with van der Waals surface area (Å²) in [5, 5.41) is 4.16. The van der Waals surface area contributed by atoms with Gasteiger partial charge < -0.3 is 10.1 Å². The molecule has 0 spiro atoms. The molecule has 0 fully saturated rings. The maximum absolute atomic E-state index is 5.83. The Bertz CT molecular complexity index is 427. The summed E-state index contributed by atoms with van der Waals surface area (Å²) in [5.74, 6) is 0.504. The lowest BCUT2D eigenvalue weighted by atomic mass is 10.3. The topological polar surface area (TPSA) is 34.1 Å². The molecule has 0 aliphatic carbocycles. The van der Waals surface area contributed by atoms with Crippen LogP contribution in [0, 0.1) is 0 Å². The molecular weight excluding hydrogens is 244 g/mol. The number of thiazole rings is 1. The molecule has 3 nitrogen and oxygen atoms in total. The van der Waals surface area contributed by atoms with Crippen LogP contribution < -0.4 is 5.32 Å². The van der Waals surface area contributed by atoms with Gasteiger partial charge in [0, 0.05) is 13.0 Å². The van der Waals surface area contributed by atoms with Gasteiger partial charge in [0.25, 0.3) is 0 Å². The summed E-state index contributed by atoms with van der Waals surface area (Å²) in [6.45, 7) is 0.583. The van der Waals surface area contributed by atoms with Crippen LogP contribution in [0.25, 0.3) is 10.2 Å². The van der Waals surface area contributed by atoms with E-state index < -0.39 is 0 Å². The van der Waals surface area contributed by atoms with Crippen LogP contribution in [0.2, 0.25) is 0 Å². The van der Waals surface area contributed by atoms with E-state index in [2.05, 4.69) is 16.4 Å². The van der Waals surface area contributed by atoms with Gasteiger partial charge in [0.2, 0.25) is 0 Å². The molecule has 0 radical (unpaired) electrons. The first-order valence-electron chi connectivity index (χ1n) is 5.00. The molecule has 1 aromatic carbocycles. The van der Waals surface area contributed by atoms with Crippen LogP contribution in [-0.4, -0.2) is 30.6 Å². The number of hydrogen-bond acceptors (Lipinski definition) is 4. The number of alkyl halides is 1.